The minimum Gasteiger partial charge on any atom is -0.370 e. The third-order valence-corrected chi connectivity index (χ3v) is 3.54. The molecule has 18 heavy (non-hydrogen) atoms. The van der Waals surface area contributed by atoms with Crippen molar-refractivity contribution < 1.29 is 9.18 Å². The summed E-state index contributed by atoms with van der Waals surface area (Å²) >= 11 is 0. The maximum Gasteiger partial charge on any atom is 0.250 e. The van der Waals surface area contributed by atoms with Gasteiger partial charge in [0.25, 0.3) is 5.91 Å². The van der Waals surface area contributed by atoms with Crippen molar-refractivity contribution in [2.75, 3.05) is 18.0 Å². The first-order valence-electron chi connectivity index (χ1n) is 6.09. The van der Waals surface area contributed by atoms with Crippen molar-refractivity contribution in [1.29, 1.82) is 0 Å². The van der Waals surface area contributed by atoms with E-state index in [1.807, 2.05) is 4.90 Å². The lowest BCUT2D eigenvalue weighted by Crippen LogP contribution is -2.46. The normalized spacial score (nSPS) is 24.1. The number of carbonyl (C=O) groups excluding carboxylic acids is 1. The molecule has 2 atom stereocenters. The third kappa shape index (κ3) is 2.46. The molecular formula is C13H18FN3O. The predicted octanol–water partition coefficient (Wildman–Crippen LogP) is 1.10. The van der Waals surface area contributed by atoms with Crippen LogP contribution in [-0.2, 0) is 0 Å². The van der Waals surface area contributed by atoms with Crippen molar-refractivity contribution in [2.24, 2.45) is 17.4 Å². The molecule has 1 fully saturated rings. The SMILES string of the molecule is CC1CN(c2ccc(F)cc2C(N)=O)CCC1N. The molecule has 1 aromatic rings. The summed E-state index contributed by atoms with van der Waals surface area (Å²) in [7, 11) is 0. The number of benzene rings is 1. The van der Waals surface area contributed by atoms with Crippen molar-refractivity contribution in [2.45, 2.75) is 19.4 Å². The predicted molar refractivity (Wildman–Crippen MR) is 68.9 cm³/mol. The summed E-state index contributed by atoms with van der Waals surface area (Å²) in [5.41, 5.74) is 12.2. The Bertz CT molecular complexity index is 464. The summed E-state index contributed by atoms with van der Waals surface area (Å²) in [4.78, 5) is 13.4. The minimum absolute atomic E-state index is 0.179. The van der Waals surface area contributed by atoms with Crippen molar-refractivity contribution in [3.8, 4) is 0 Å². The molecule has 1 aliphatic heterocycles. The number of carbonyl (C=O) groups is 1. The lowest BCUT2D eigenvalue weighted by molar-refractivity contribution is 0.1000. The van der Waals surface area contributed by atoms with Gasteiger partial charge in [-0.2, -0.15) is 0 Å². The number of halogens is 1. The highest BCUT2D eigenvalue weighted by Crippen LogP contribution is 2.26. The van der Waals surface area contributed by atoms with Crippen LogP contribution in [0.15, 0.2) is 18.2 Å². The van der Waals surface area contributed by atoms with Gasteiger partial charge < -0.3 is 16.4 Å². The summed E-state index contributed by atoms with van der Waals surface area (Å²) in [6, 6.07) is 4.33. The van der Waals surface area contributed by atoms with Gasteiger partial charge in [0.1, 0.15) is 5.82 Å². The van der Waals surface area contributed by atoms with Crippen LogP contribution >= 0.6 is 0 Å². The average Bonchev–Trinajstić information content (AvgIpc) is 2.32. The Hall–Kier alpha value is -1.62. The Kier molecular flexibility index (Phi) is 3.52. The molecule has 2 unspecified atom stereocenters. The number of nitrogens with zero attached hydrogens (tertiary/aromatic N) is 1. The molecular weight excluding hydrogens is 233 g/mol. The highest BCUT2D eigenvalue weighted by molar-refractivity contribution is 5.98. The molecule has 1 aliphatic rings. The van der Waals surface area contributed by atoms with Crippen molar-refractivity contribution >= 4 is 11.6 Å². The van der Waals surface area contributed by atoms with Crippen molar-refractivity contribution in [1.82, 2.24) is 0 Å². The Labute approximate surface area is 106 Å². The molecule has 1 aromatic carbocycles. The number of hydrogen-bond acceptors (Lipinski definition) is 3. The minimum atomic E-state index is -0.605. The van der Waals surface area contributed by atoms with E-state index in [2.05, 4.69) is 6.92 Å². The zero-order chi connectivity index (χ0) is 13.3. The fraction of sp³-hybridized carbons (Fsp3) is 0.462. The lowest BCUT2D eigenvalue weighted by Gasteiger charge is -2.37. The summed E-state index contributed by atoms with van der Waals surface area (Å²) in [6.45, 7) is 3.59. The number of primary amides is 1. The molecule has 0 radical (unpaired) electrons. The molecule has 2 rings (SSSR count). The van der Waals surface area contributed by atoms with Gasteiger partial charge in [-0.3, -0.25) is 4.79 Å². The zero-order valence-corrected chi connectivity index (χ0v) is 10.4. The topological polar surface area (TPSA) is 72.3 Å². The Morgan fingerprint density at radius 1 is 1.50 bits per heavy atom. The molecule has 0 spiro atoms. The van der Waals surface area contributed by atoms with Crippen LogP contribution in [0.25, 0.3) is 0 Å². The van der Waals surface area contributed by atoms with E-state index < -0.39 is 11.7 Å². The van der Waals surface area contributed by atoms with Crippen LogP contribution in [0.5, 0.6) is 0 Å². The van der Waals surface area contributed by atoms with E-state index in [1.54, 1.807) is 6.07 Å². The molecule has 1 saturated heterocycles. The Morgan fingerprint density at radius 2 is 2.22 bits per heavy atom. The van der Waals surface area contributed by atoms with Crippen LogP contribution in [0.2, 0.25) is 0 Å². The number of nitrogens with two attached hydrogens (primary N) is 2. The largest absolute Gasteiger partial charge is 0.370 e. The average molecular weight is 251 g/mol. The van der Waals surface area contributed by atoms with Gasteiger partial charge in [0.2, 0.25) is 0 Å². The third-order valence-electron chi connectivity index (χ3n) is 3.54. The molecule has 5 heteroatoms. The van der Waals surface area contributed by atoms with Crippen LogP contribution in [0.3, 0.4) is 0 Å². The van der Waals surface area contributed by atoms with Gasteiger partial charge in [0.05, 0.1) is 5.56 Å². The summed E-state index contributed by atoms with van der Waals surface area (Å²) in [5.74, 6) is -0.717. The lowest BCUT2D eigenvalue weighted by atomic mass is 9.94. The van der Waals surface area contributed by atoms with Crippen LogP contribution in [0.4, 0.5) is 10.1 Å². The molecule has 0 bridgehead atoms. The Balaban J connectivity index is 2.30. The molecule has 1 amide bonds. The van der Waals surface area contributed by atoms with E-state index >= 15 is 0 Å². The van der Waals surface area contributed by atoms with E-state index in [0.717, 1.165) is 19.5 Å². The maximum absolute atomic E-state index is 13.2. The molecule has 0 saturated carbocycles. The highest BCUT2D eigenvalue weighted by atomic mass is 19.1. The summed E-state index contributed by atoms with van der Waals surface area (Å²) in [5, 5.41) is 0. The second kappa shape index (κ2) is 4.94. The molecule has 0 aromatic heterocycles. The van der Waals surface area contributed by atoms with Gasteiger partial charge in [-0.15, -0.1) is 0 Å². The molecule has 4 nitrogen and oxygen atoms in total. The van der Waals surface area contributed by atoms with Crippen molar-refractivity contribution in [3.63, 3.8) is 0 Å². The highest BCUT2D eigenvalue weighted by Gasteiger charge is 2.25. The van der Waals surface area contributed by atoms with Crippen LogP contribution < -0.4 is 16.4 Å². The molecule has 98 valence electrons. The van der Waals surface area contributed by atoms with E-state index in [0.29, 0.717) is 11.6 Å². The number of rotatable bonds is 2. The number of amides is 1. The van der Waals surface area contributed by atoms with Crippen LogP contribution in [0, 0.1) is 11.7 Å². The van der Waals surface area contributed by atoms with Gasteiger partial charge in [-0.1, -0.05) is 6.92 Å². The van der Waals surface area contributed by atoms with E-state index in [4.69, 9.17) is 11.5 Å². The van der Waals surface area contributed by atoms with Gasteiger partial charge in [-0.25, -0.2) is 4.39 Å². The van der Waals surface area contributed by atoms with E-state index in [1.165, 1.54) is 12.1 Å². The van der Waals surface area contributed by atoms with E-state index in [9.17, 15) is 9.18 Å². The standard InChI is InChI=1S/C13H18FN3O/c1-8-7-17(5-4-11(8)15)12-3-2-9(14)6-10(12)13(16)18/h2-3,6,8,11H,4-5,7,15H2,1H3,(H2,16,18). The first kappa shape index (κ1) is 12.8. The van der Waals surface area contributed by atoms with Crippen LogP contribution in [0.1, 0.15) is 23.7 Å². The molecule has 0 aliphatic carbocycles. The first-order valence-corrected chi connectivity index (χ1v) is 6.09. The summed E-state index contributed by atoms with van der Waals surface area (Å²) in [6.07, 6.45) is 0.858. The fourth-order valence-corrected chi connectivity index (χ4v) is 2.36. The number of piperidine rings is 1. The van der Waals surface area contributed by atoms with Gasteiger partial charge in [0, 0.05) is 24.8 Å². The first-order chi connectivity index (χ1) is 8.49. The van der Waals surface area contributed by atoms with Gasteiger partial charge in [0.15, 0.2) is 0 Å². The molecule has 1 heterocycles. The van der Waals surface area contributed by atoms with E-state index in [-0.39, 0.29) is 11.6 Å². The smallest absolute Gasteiger partial charge is 0.250 e. The quantitative estimate of drug-likeness (QED) is 0.826. The van der Waals surface area contributed by atoms with Gasteiger partial charge >= 0.3 is 0 Å². The second-order valence-corrected chi connectivity index (χ2v) is 4.90. The fourth-order valence-electron chi connectivity index (χ4n) is 2.36. The van der Waals surface area contributed by atoms with Crippen LogP contribution in [-0.4, -0.2) is 25.0 Å². The zero-order valence-electron chi connectivity index (χ0n) is 10.4. The van der Waals surface area contributed by atoms with Crippen molar-refractivity contribution in [3.05, 3.63) is 29.6 Å². The second-order valence-electron chi connectivity index (χ2n) is 4.90. The van der Waals surface area contributed by atoms with Gasteiger partial charge in [-0.05, 0) is 30.5 Å². The maximum atomic E-state index is 13.2. The number of anilines is 1. The molecule has 4 N–H and O–H groups in total. The Morgan fingerprint density at radius 3 is 2.83 bits per heavy atom. The monoisotopic (exact) mass is 251 g/mol. The number of hydrogen-bond donors (Lipinski definition) is 2. The summed E-state index contributed by atoms with van der Waals surface area (Å²) < 4.78 is 13.2.